The van der Waals surface area contributed by atoms with Gasteiger partial charge in [0, 0.05) is 11.6 Å². The lowest BCUT2D eigenvalue weighted by Gasteiger charge is -2.27. The third-order valence-corrected chi connectivity index (χ3v) is 7.33. The highest BCUT2D eigenvalue weighted by atomic mass is 35.5. The number of aromatic carboxylic acids is 1. The van der Waals surface area contributed by atoms with Gasteiger partial charge in [-0.3, -0.25) is 4.31 Å². The third kappa shape index (κ3) is 5.56. The van der Waals surface area contributed by atoms with Gasteiger partial charge in [-0.15, -0.1) is 0 Å². The smallest absolute Gasteiger partial charge is 0.335 e. The average molecular weight is 506 g/mol. The molecule has 0 aliphatic carbocycles. The molecule has 0 aliphatic rings. The molecule has 0 aliphatic heterocycles. The number of carbonyl (C=O) groups is 1. The normalized spacial score (nSPS) is 11.6. The first-order chi connectivity index (χ1) is 15.9. The van der Waals surface area contributed by atoms with Crippen molar-refractivity contribution in [1.82, 2.24) is 0 Å². The molecule has 3 rings (SSSR count). The number of hydrogen-bond donors (Lipinski definition) is 1. The minimum Gasteiger partial charge on any atom is -0.487 e. The number of nitrogens with zero attached hydrogens (tertiary/aromatic N) is 1. The SMILES string of the molecule is Cc1ccc(S(=O)(=O)N(CC(C)C)c2cc(Cl)c(C)cc2OCc2ccc(C(=O)O)cc2C)o1. The number of carboxylic acids is 1. The van der Waals surface area contributed by atoms with Crippen molar-refractivity contribution < 1.29 is 27.5 Å². The summed E-state index contributed by atoms with van der Waals surface area (Å²) in [7, 11) is -4.02. The number of aryl methyl sites for hydroxylation is 3. The molecule has 34 heavy (non-hydrogen) atoms. The van der Waals surface area contributed by atoms with Crippen molar-refractivity contribution in [2.24, 2.45) is 5.92 Å². The van der Waals surface area contributed by atoms with Gasteiger partial charge in [-0.05, 0) is 79.8 Å². The van der Waals surface area contributed by atoms with Gasteiger partial charge in [-0.1, -0.05) is 31.5 Å². The first-order valence-electron chi connectivity index (χ1n) is 10.7. The summed E-state index contributed by atoms with van der Waals surface area (Å²) in [5, 5.41) is 9.44. The molecule has 9 heteroatoms. The number of halogens is 1. The fourth-order valence-electron chi connectivity index (χ4n) is 3.42. The first kappa shape index (κ1) is 25.6. The zero-order valence-corrected chi connectivity index (χ0v) is 21.3. The second kappa shape index (κ2) is 10.1. The van der Waals surface area contributed by atoms with Crippen molar-refractivity contribution >= 4 is 33.3 Å². The summed E-state index contributed by atoms with van der Waals surface area (Å²) < 4.78 is 39.9. The largest absolute Gasteiger partial charge is 0.487 e. The van der Waals surface area contributed by atoms with Crippen LogP contribution in [0.4, 0.5) is 5.69 Å². The Balaban J connectivity index is 2.04. The minimum atomic E-state index is -4.02. The molecule has 0 saturated heterocycles. The van der Waals surface area contributed by atoms with E-state index in [1.165, 1.54) is 16.4 Å². The second-order valence-electron chi connectivity index (χ2n) is 8.60. The van der Waals surface area contributed by atoms with Gasteiger partial charge in [-0.25, -0.2) is 4.79 Å². The Hall–Kier alpha value is -2.97. The Morgan fingerprint density at radius 1 is 1.09 bits per heavy atom. The molecule has 0 saturated carbocycles. The lowest BCUT2D eigenvalue weighted by atomic mass is 10.1. The van der Waals surface area contributed by atoms with E-state index in [2.05, 4.69) is 0 Å². The summed E-state index contributed by atoms with van der Waals surface area (Å²) in [5.74, 6) is -0.170. The summed E-state index contributed by atoms with van der Waals surface area (Å²) in [6.07, 6.45) is 0. The van der Waals surface area contributed by atoms with E-state index in [0.717, 1.165) is 16.7 Å². The predicted octanol–water partition coefficient (Wildman–Crippen LogP) is 5.99. The average Bonchev–Trinajstić information content (AvgIpc) is 3.20. The molecule has 3 aromatic rings. The maximum absolute atomic E-state index is 13.5. The maximum atomic E-state index is 13.5. The molecule has 1 heterocycles. The number of anilines is 1. The number of ether oxygens (including phenoxy) is 1. The molecule has 0 amide bonds. The summed E-state index contributed by atoms with van der Waals surface area (Å²) in [4.78, 5) is 11.2. The zero-order chi connectivity index (χ0) is 25.2. The van der Waals surface area contributed by atoms with Crippen LogP contribution in [0.3, 0.4) is 0 Å². The van der Waals surface area contributed by atoms with Crippen molar-refractivity contribution in [2.45, 2.75) is 46.3 Å². The number of benzene rings is 2. The molecule has 0 atom stereocenters. The Bertz CT molecular complexity index is 1310. The molecule has 0 fully saturated rings. The van der Waals surface area contributed by atoms with Gasteiger partial charge in [0.05, 0.1) is 11.3 Å². The fraction of sp³-hybridized carbons (Fsp3) is 0.320. The van der Waals surface area contributed by atoms with Gasteiger partial charge >= 0.3 is 5.97 Å². The van der Waals surface area contributed by atoms with Crippen LogP contribution in [0.5, 0.6) is 5.75 Å². The number of rotatable bonds is 9. The van der Waals surface area contributed by atoms with Crippen LogP contribution in [0.15, 0.2) is 52.0 Å². The highest BCUT2D eigenvalue weighted by Gasteiger charge is 2.31. The molecule has 0 bridgehead atoms. The molecule has 0 unspecified atom stereocenters. The molecule has 0 spiro atoms. The number of sulfonamides is 1. The molecule has 182 valence electrons. The van der Waals surface area contributed by atoms with E-state index >= 15 is 0 Å². The van der Waals surface area contributed by atoms with Crippen LogP contribution in [-0.2, 0) is 16.6 Å². The van der Waals surface area contributed by atoms with Crippen LogP contribution >= 0.6 is 11.6 Å². The highest BCUT2D eigenvalue weighted by Crippen LogP contribution is 2.38. The molecular weight excluding hydrogens is 478 g/mol. The van der Waals surface area contributed by atoms with Crippen molar-refractivity contribution in [3.63, 3.8) is 0 Å². The quantitative estimate of drug-likeness (QED) is 0.384. The van der Waals surface area contributed by atoms with Gasteiger partial charge < -0.3 is 14.3 Å². The molecular formula is C25H28ClNO6S. The minimum absolute atomic E-state index is 0.00423. The van der Waals surface area contributed by atoms with Crippen LogP contribution in [0.2, 0.25) is 5.02 Å². The number of hydrogen-bond acceptors (Lipinski definition) is 5. The Kier molecular flexibility index (Phi) is 7.63. The van der Waals surface area contributed by atoms with E-state index in [1.54, 1.807) is 44.2 Å². The topological polar surface area (TPSA) is 97.0 Å². The van der Waals surface area contributed by atoms with Crippen LogP contribution in [0.25, 0.3) is 0 Å². The van der Waals surface area contributed by atoms with E-state index in [1.807, 2.05) is 20.8 Å². The fourth-order valence-corrected chi connectivity index (χ4v) is 5.17. The summed E-state index contributed by atoms with van der Waals surface area (Å²) >= 11 is 6.40. The van der Waals surface area contributed by atoms with Gasteiger partial charge in [0.2, 0.25) is 5.09 Å². The Morgan fingerprint density at radius 3 is 2.35 bits per heavy atom. The van der Waals surface area contributed by atoms with Crippen molar-refractivity contribution in [3.8, 4) is 5.75 Å². The summed E-state index contributed by atoms with van der Waals surface area (Å²) in [6, 6.07) is 11.1. The molecule has 7 nitrogen and oxygen atoms in total. The van der Waals surface area contributed by atoms with E-state index in [9.17, 15) is 18.3 Å². The zero-order valence-electron chi connectivity index (χ0n) is 19.8. The van der Waals surface area contributed by atoms with Gasteiger partial charge in [-0.2, -0.15) is 8.42 Å². The highest BCUT2D eigenvalue weighted by molar-refractivity contribution is 7.92. The Morgan fingerprint density at radius 2 is 1.79 bits per heavy atom. The van der Waals surface area contributed by atoms with Crippen molar-refractivity contribution in [1.29, 1.82) is 0 Å². The van der Waals surface area contributed by atoms with E-state index < -0.39 is 16.0 Å². The molecule has 1 N–H and O–H groups in total. The summed E-state index contributed by atoms with van der Waals surface area (Å²) in [6.45, 7) is 9.43. The van der Waals surface area contributed by atoms with Crippen molar-refractivity contribution in [3.05, 3.63) is 75.5 Å². The van der Waals surface area contributed by atoms with Crippen LogP contribution in [0.1, 0.15) is 46.7 Å². The first-order valence-corrected chi connectivity index (χ1v) is 12.6. The third-order valence-electron chi connectivity index (χ3n) is 5.27. The van der Waals surface area contributed by atoms with E-state index in [4.69, 9.17) is 20.8 Å². The predicted molar refractivity (Wildman–Crippen MR) is 131 cm³/mol. The monoisotopic (exact) mass is 505 g/mol. The number of carboxylic acid groups (broad SMARTS) is 1. The van der Waals surface area contributed by atoms with Crippen LogP contribution in [-0.4, -0.2) is 26.0 Å². The molecule has 1 aromatic heterocycles. The van der Waals surface area contributed by atoms with Crippen LogP contribution < -0.4 is 9.04 Å². The lowest BCUT2D eigenvalue weighted by molar-refractivity contribution is 0.0696. The van der Waals surface area contributed by atoms with E-state index in [-0.39, 0.29) is 29.7 Å². The van der Waals surface area contributed by atoms with Gasteiger partial charge in [0.25, 0.3) is 10.0 Å². The molecule has 0 radical (unpaired) electrons. The number of furan rings is 1. The Labute approximate surface area is 205 Å². The van der Waals surface area contributed by atoms with Crippen molar-refractivity contribution in [2.75, 3.05) is 10.8 Å². The summed E-state index contributed by atoms with van der Waals surface area (Å²) in [5.41, 5.74) is 2.76. The van der Waals surface area contributed by atoms with Crippen LogP contribution in [0, 0.1) is 26.7 Å². The van der Waals surface area contributed by atoms with Gasteiger partial charge in [0.15, 0.2) is 0 Å². The molecule has 2 aromatic carbocycles. The second-order valence-corrected chi connectivity index (χ2v) is 10.8. The standard InChI is InChI=1S/C25H28ClNO6S/c1-15(2)13-27(34(30,31)24-9-6-18(5)33-24)22-12-21(26)17(4)11-23(22)32-14-20-8-7-19(25(28)29)10-16(20)3/h6-12,15H,13-14H2,1-5H3,(H,28,29). The van der Waals surface area contributed by atoms with Gasteiger partial charge in [0.1, 0.15) is 18.1 Å². The lowest BCUT2D eigenvalue weighted by Crippen LogP contribution is -2.34. The van der Waals surface area contributed by atoms with E-state index in [0.29, 0.717) is 22.2 Å². The maximum Gasteiger partial charge on any atom is 0.335 e.